The molecule has 0 aliphatic rings. The van der Waals surface area contributed by atoms with E-state index < -0.39 is 0 Å². The fraction of sp³-hybridized carbons (Fsp3) is 0.857. The normalized spacial score (nSPS) is 10.8. The SMILES string of the molecule is CCSSCCC(=O)NCCN(C)CCNC(=O)CSSCC. The number of hydrogen-bond donors (Lipinski definition) is 2. The zero-order chi connectivity index (χ0) is 17.3. The minimum Gasteiger partial charge on any atom is -0.355 e. The van der Waals surface area contributed by atoms with Crippen molar-refractivity contribution < 1.29 is 9.59 Å². The molecule has 0 radical (unpaired) electrons. The molecule has 2 amide bonds. The summed E-state index contributed by atoms with van der Waals surface area (Å²) < 4.78 is 0. The molecule has 0 aromatic rings. The molecule has 9 heteroatoms. The largest absolute Gasteiger partial charge is 0.355 e. The Bertz CT molecular complexity index is 322. The number of carbonyl (C=O) groups is 2. The molecule has 0 saturated carbocycles. The van der Waals surface area contributed by atoms with Crippen LogP contribution in [0.2, 0.25) is 0 Å². The van der Waals surface area contributed by atoms with Gasteiger partial charge in [-0.15, -0.1) is 0 Å². The number of likely N-dealkylation sites (N-methyl/N-ethyl adjacent to an activating group) is 1. The predicted molar refractivity (Wildman–Crippen MR) is 109 cm³/mol. The second-order valence-electron chi connectivity index (χ2n) is 4.65. The molecule has 0 spiro atoms. The Morgan fingerprint density at radius 1 is 0.870 bits per heavy atom. The van der Waals surface area contributed by atoms with Crippen LogP contribution in [0.25, 0.3) is 0 Å². The minimum absolute atomic E-state index is 0.0834. The molecule has 136 valence electrons. The Morgan fingerprint density at radius 2 is 1.43 bits per heavy atom. The number of carbonyl (C=O) groups excluding carboxylic acids is 2. The van der Waals surface area contributed by atoms with Crippen LogP contribution in [0.5, 0.6) is 0 Å². The molecule has 0 rings (SSSR count). The molecule has 0 aromatic carbocycles. The number of nitrogens with one attached hydrogen (secondary N) is 2. The van der Waals surface area contributed by atoms with Crippen LogP contribution in [-0.4, -0.2) is 73.0 Å². The summed E-state index contributed by atoms with van der Waals surface area (Å²) in [6, 6.07) is 0. The van der Waals surface area contributed by atoms with Crippen molar-refractivity contribution in [3.05, 3.63) is 0 Å². The third kappa shape index (κ3) is 16.9. The molecule has 5 nitrogen and oxygen atoms in total. The predicted octanol–water partition coefficient (Wildman–Crippen LogP) is 2.34. The van der Waals surface area contributed by atoms with E-state index in [0.29, 0.717) is 25.3 Å². The zero-order valence-electron chi connectivity index (χ0n) is 14.3. The van der Waals surface area contributed by atoms with E-state index in [9.17, 15) is 9.59 Å². The van der Waals surface area contributed by atoms with Gasteiger partial charge in [-0.2, -0.15) is 0 Å². The van der Waals surface area contributed by atoms with Gasteiger partial charge in [0.25, 0.3) is 0 Å². The molecule has 23 heavy (non-hydrogen) atoms. The molecule has 0 aliphatic carbocycles. The Kier molecular flexibility index (Phi) is 17.4. The highest BCUT2D eigenvalue weighted by atomic mass is 33.1. The highest BCUT2D eigenvalue weighted by molar-refractivity contribution is 8.77. The second kappa shape index (κ2) is 17.1. The van der Waals surface area contributed by atoms with Crippen LogP contribution < -0.4 is 10.6 Å². The van der Waals surface area contributed by atoms with E-state index in [1.54, 1.807) is 43.2 Å². The average molecular weight is 400 g/mol. The molecular weight excluding hydrogens is 370 g/mol. The van der Waals surface area contributed by atoms with Crippen LogP contribution in [0.1, 0.15) is 20.3 Å². The van der Waals surface area contributed by atoms with E-state index in [1.165, 1.54) is 0 Å². The minimum atomic E-state index is 0.0834. The van der Waals surface area contributed by atoms with Crippen molar-refractivity contribution in [2.24, 2.45) is 0 Å². The van der Waals surface area contributed by atoms with Crippen molar-refractivity contribution in [2.45, 2.75) is 20.3 Å². The van der Waals surface area contributed by atoms with E-state index in [2.05, 4.69) is 29.4 Å². The Balaban J connectivity index is 3.47. The molecule has 0 bridgehead atoms. The van der Waals surface area contributed by atoms with Gasteiger partial charge in [0.05, 0.1) is 5.75 Å². The molecule has 0 aromatic heterocycles. The first-order valence-electron chi connectivity index (χ1n) is 7.80. The summed E-state index contributed by atoms with van der Waals surface area (Å²) in [7, 11) is 8.81. The van der Waals surface area contributed by atoms with Gasteiger partial charge in [-0.1, -0.05) is 57.0 Å². The summed E-state index contributed by atoms with van der Waals surface area (Å²) >= 11 is 0. The standard InChI is InChI=1S/C14H29N3O2S4/c1-4-20-22-11-6-13(18)15-7-9-17(3)10-8-16-14(19)12-23-21-5-2/h4-12H2,1-3H3,(H,15,18)(H,16,19). The molecular formula is C14H29N3O2S4. The Hall–Kier alpha value is 0.300. The van der Waals surface area contributed by atoms with E-state index in [-0.39, 0.29) is 11.8 Å². The van der Waals surface area contributed by atoms with E-state index in [0.717, 1.165) is 30.3 Å². The number of rotatable bonds is 15. The molecule has 0 unspecified atom stereocenters. The van der Waals surface area contributed by atoms with Crippen LogP contribution in [-0.2, 0) is 9.59 Å². The highest BCUT2D eigenvalue weighted by Crippen LogP contribution is 2.20. The molecule has 0 heterocycles. The molecule has 0 saturated heterocycles. The number of hydrogen-bond acceptors (Lipinski definition) is 7. The summed E-state index contributed by atoms with van der Waals surface area (Å²) in [6.07, 6.45) is 0.574. The molecule has 0 aliphatic heterocycles. The number of amides is 2. The first-order valence-corrected chi connectivity index (χ1v) is 12.8. The van der Waals surface area contributed by atoms with E-state index >= 15 is 0 Å². The van der Waals surface area contributed by atoms with Crippen LogP contribution in [0, 0.1) is 0 Å². The zero-order valence-corrected chi connectivity index (χ0v) is 17.5. The van der Waals surface area contributed by atoms with Crippen LogP contribution in [0.3, 0.4) is 0 Å². The van der Waals surface area contributed by atoms with Gasteiger partial charge in [-0.05, 0) is 7.05 Å². The first-order chi connectivity index (χ1) is 11.1. The summed E-state index contributed by atoms with van der Waals surface area (Å²) in [5, 5.41) is 5.83. The third-order valence-electron chi connectivity index (χ3n) is 2.64. The smallest absolute Gasteiger partial charge is 0.230 e. The fourth-order valence-electron chi connectivity index (χ4n) is 1.48. The third-order valence-corrected chi connectivity index (χ3v) is 7.46. The van der Waals surface area contributed by atoms with Crippen molar-refractivity contribution in [1.29, 1.82) is 0 Å². The van der Waals surface area contributed by atoms with Crippen molar-refractivity contribution in [3.8, 4) is 0 Å². The quantitative estimate of drug-likeness (QED) is 0.324. The van der Waals surface area contributed by atoms with Crippen molar-refractivity contribution in [1.82, 2.24) is 15.5 Å². The van der Waals surface area contributed by atoms with Gasteiger partial charge in [0.15, 0.2) is 0 Å². The van der Waals surface area contributed by atoms with Crippen molar-refractivity contribution in [3.63, 3.8) is 0 Å². The van der Waals surface area contributed by atoms with E-state index in [1.807, 2.05) is 7.05 Å². The van der Waals surface area contributed by atoms with Gasteiger partial charge in [-0.25, -0.2) is 0 Å². The van der Waals surface area contributed by atoms with E-state index in [4.69, 9.17) is 0 Å². The first kappa shape index (κ1) is 23.3. The fourth-order valence-corrected chi connectivity index (χ4v) is 4.67. The lowest BCUT2D eigenvalue weighted by Crippen LogP contribution is -2.38. The second-order valence-corrected chi connectivity index (χ2v) is 10.3. The number of nitrogens with zero attached hydrogens (tertiary/aromatic N) is 1. The topological polar surface area (TPSA) is 61.4 Å². The Morgan fingerprint density at radius 3 is 2.04 bits per heavy atom. The molecule has 0 fully saturated rings. The summed E-state index contributed by atoms with van der Waals surface area (Å²) in [5.74, 6) is 3.65. The maximum absolute atomic E-state index is 11.6. The summed E-state index contributed by atoms with van der Waals surface area (Å²) in [5.41, 5.74) is 0. The highest BCUT2D eigenvalue weighted by Gasteiger charge is 2.04. The van der Waals surface area contributed by atoms with Crippen molar-refractivity contribution in [2.75, 3.05) is 56.2 Å². The molecule has 0 atom stereocenters. The summed E-state index contributed by atoms with van der Waals surface area (Å²) in [6.45, 7) is 7.06. The van der Waals surface area contributed by atoms with Crippen LogP contribution >= 0.6 is 43.2 Å². The Labute approximate surface area is 156 Å². The lowest BCUT2D eigenvalue weighted by molar-refractivity contribution is -0.120. The maximum atomic E-state index is 11.6. The van der Waals surface area contributed by atoms with Gasteiger partial charge in [0, 0.05) is 49.9 Å². The van der Waals surface area contributed by atoms with Crippen LogP contribution in [0.4, 0.5) is 0 Å². The average Bonchev–Trinajstić information content (AvgIpc) is 2.52. The van der Waals surface area contributed by atoms with Gasteiger partial charge in [-0.3, -0.25) is 9.59 Å². The van der Waals surface area contributed by atoms with Gasteiger partial charge < -0.3 is 15.5 Å². The van der Waals surface area contributed by atoms with Gasteiger partial charge >= 0.3 is 0 Å². The van der Waals surface area contributed by atoms with Crippen molar-refractivity contribution >= 4 is 55.0 Å². The molecule has 2 N–H and O–H groups in total. The van der Waals surface area contributed by atoms with Crippen LogP contribution in [0.15, 0.2) is 0 Å². The lowest BCUT2D eigenvalue weighted by Gasteiger charge is -2.17. The van der Waals surface area contributed by atoms with Gasteiger partial charge in [0.1, 0.15) is 0 Å². The maximum Gasteiger partial charge on any atom is 0.230 e. The van der Waals surface area contributed by atoms with Gasteiger partial charge in [0.2, 0.25) is 11.8 Å². The lowest BCUT2D eigenvalue weighted by atomic mass is 10.4. The summed E-state index contributed by atoms with van der Waals surface area (Å²) in [4.78, 5) is 25.2. The monoisotopic (exact) mass is 399 g/mol.